The summed E-state index contributed by atoms with van der Waals surface area (Å²) in [5, 5.41) is 11.3. The monoisotopic (exact) mass is 366 g/mol. The maximum Gasteiger partial charge on any atom is 0.326 e. The molecule has 0 aliphatic rings. The second kappa shape index (κ2) is 7.95. The Kier molecular flexibility index (Phi) is 5.94. The number of carbonyl (C=O) groups excluding carboxylic acids is 1. The number of rotatable bonds is 8. The molecule has 0 saturated carbocycles. The molecule has 1 aromatic heterocycles. The van der Waals surface area contributed by atoms with Crippen LogP contribution in [0, 0.1) is 0 Å². The van der Waals surface area contributed by atoms with Gasteiger partial charge in [-0.25, -0.2) is 17.9 Å². The number of furan rings is 1. The second-order valence-corrected chi connectivity index (χ2v) is 6.97. The summed E-state index contributed by atoms with van der Waals surface area (Å²) in [6, 6.07) is 7.50. The summed E-state index contributed by atoms with van der Waals surface area (Å²) in [6.07, 6.45) is 1.68. The van der Waals surface area contributed by atoms with Crippen molar-refractivity contribution >= 4 is 21.9 Å². The number of hydrogen-bond donors (Lipinski definition) is 3. The van der Waals surface area contributed by atoms with Gasteiger partial charge in [0.15, 0.2) is 0 Å². The molecule has 1 aromatic carbocycles. The molecule has 2 aromatic rings. The lowest BCUT2D eigenvalue weighted by Gasteiger charge is -2.12. The number of benzene rings is 1. The molecule has 1 heterocycles. The fraction of sp³-hybridized carbons (Fsp3) is 0.250. The predicted molar refractivity (Wildman–Crippen MR) is 88.4 cm³/mol. The van der Waals surface area contributed by atoms with E-state index in [0.29, 0.717) is 5.76 Å². The Labute approximate surface area is 144 Å². The molecular weight excluding hydrogens is 348 g/mol. The van der Waals surface area contributed by atoms with Crippen LogP contribution in [0.4, 0.5) is 0 Å². The number of amides is 1. The molecule has 1 atom stereocenters. The van der Waals surface area contributed by atoms with E-state index in [-0.39, 0.29) is 23.4 Å². The summed E-state index contributed by atoms with van der Waals surface area (Å²) < 4.78 is 31.8. The van der Waals surface area contributed by atoms with Crippen LogP contribution in [0.2, 0.25) is 0 Å². The lowest BCUT2D eigenvalue weighted by Crippen LogP contribution is -2.40. The van der Waals surface area contributed by atoms with Crippen LogP contribution in [-0.2, 0) is 21.4 Å². The first kappa shape index (κ1) is 18.7. The smallest absolute Gasteiger partial charge is 0.326 e. The van der Waals surface area contributed by atoms with E-state index in [2.05, 4.69) is 10.0 Å². The van der Waals surface area contributed by atoms with Crippen LogP contribution >= 0.6 is 0 Å². The Hall–Kier alpha value is -2.65. The molecule has 0 spiro atoms. The topological polar surface area (TPSA) is 126 Å². The van der Waals surface area contributed by atoms with Gasteiger partial charge in [0, 0.05) is 5.56 Å². The van der Waals surface area contributed by atoms with E-state index >= 15 is 0 Å². The number of carboxylic acid groups (broad SMARTS) is 1. The molecular formula is C16H18N2O6S. The third-order valence-corrected chi connectivity index (χ3v) is 4.87. The van der Waals surface area contributed by atoms with Crippen molar-refractivity contribution < 1.29 is 27.5 Å². The van der Waals surface area contributed by atoms with Gasteiger partial charge < -0.3 is 14.8 Å². The SMILES string of the molecule is CCC(NC(=O)c1ccc(S(=O)(=O)NCc2ccco2)cc1)C(=O)O. The van der Waals surface area contributed by atoms with Gasteiger partial charge in [0.1, 0.15) is 11.8 Å². The Morgan fingerprint density at radius 1 is 1.20 bits per heavy atom. The van der Waals surface area contributed by atoms with Crippen LogP contribution in [-0.4, -0.2) is 31.4 Å². The van der Waals surface area contributed by atoms with E-state index in [1.165, 1.54) is 30.5 Å². The van der Waals surface area contributed by atoms with Crippen LogP contribution in [0.25, 0.3) is 0 Å². The fourth-order valence-electron chi connectivity index (χ4n) is 2.03. The van der Waals surface area contributed by atoms with Gasteiger partial charge in [0.25, 0.3) is 5.91 Å². The maximum atomic E-state index is 12.2. The Morgan fingerprint density at radius 3 is 2.40 bits per heavy atom. The minimum atomic E-state index is -3.76. The van der Waals surface area contributed by atoms with Crippen molar-refractivity contribution in [2.24, 2.45) is 0 Å². The van der Waals surface area contributed by atoms with Crippen LogP contribution in [0.3, 0.4) is 0 Å². The normalized spacial score (nSPS) is 12.5. The number of nitrogens with one attached hydrogen (secondary N) is 2. The molecule has 1 amide bonds. The van der Waals surface area contributed by atoms with E-state index in [1.807, 2.05) is 0 Å². The van der Waals surface area contributed by atoms with E-state index in [1.54, 1.807) is 19.1 Å². The largest absolute Gasteiger partial charge is 0.480 e. The first-order valence-electron chi connectivity index (χ1n) is 7.49. The maximum absolute atomic E-state index is 12.2. The van der Waals surface area contributed by atoms with E-state index < -0.39 is 27.9 Å². The molecule has 0 radical (unpaired) electrons. The summed E-state index contributed by atoms with van der Waals surface area (Å²) >= 11 is 0. The molecule has 9 heteroatoms. The first-order chi connectivity index (χ1) is 11.8. The highest BCUT2D eigenvalue weighted by molar-refractivity contribution is 7.89. The predicted octanol–water partition coefficient (Wildman–Crippen LogP) is 1.35. The van der Waals surface area contributed by atoms with Gasteiger partial charge in [-0.15, -0.1) is 0 Å². The molecule has 8 nitrogen and oxygen atoms in total. The zero-order chi connectivity index (χ0) is 18.4. The third-order valence-electron chi connectivity index (χ3n) is 3.45. The molecule has 0 aliphatic carbocycles. The molecule has 0 saturated heterocycles. The van der Waals surface area contributed by atoms with E-state index in [0.717, 1.165) is 0 Å². The number of carboxylic acids is 1. The third kappa shape index (κ3) is 4.91. The summed E-state index contributed by atoms with van der Waals surface area (Å²) in [5.41, 5.74) is 0.171. The van der Waals surface area contributed by atoms with Crippen molar-refractivity contribution in [3.8, 4) is 0 Å². The second-order valence-electron chi connectivity index (χ2n) is 5.20. The highest BCUT2D eigenvalue weighted by Crippen LogP contribution is 2.12. The number of aliphatic carboxylic acids is 1. The molecule has 3 N–H and O–H groups in total. The van der Waals surface area contributed by atoms with Crippen LogP contribution in [0.15, 0.2) is 52.0 Å². The van der Waals surface area contributed by atoms with Crippen molar-refractivity contribution in [3.63, 3.8) is 0 Å². The molecule has 2 rings (SSSR count). The van der Waals surface area contributed by atoms with Gasteiger partial charge in [0.05, 0.1) is 17.7 Å². The zero-order valence-electron chi connectivity index (χ0n) is 13.4. The average Bonchev–Trinajstić information content (AvgIpc) is 3.11. The Morgan fingerprint density at radius 2 is 1.88 bits per heavy atom. The Balaban J connectivity index is 2.05. The quantitative estimate of drug-likeness (QED) is 0.647. The van der Waals surface area contributed by atoms with Crippen molar-refractivity contribution in [1.82, 2.24) is 10.0 Å². The summed E-state index contributed by atoms with van der Waals surface area (Å²) in [5.74, 6) is -1.24. The zero-order valence-corrected chi connectivity index (χ0v) is 14.2. The van der Waals surface area contributed by atoms with Crippen molar-refractivity contribution in [3.05, 3.63) is 54.0 Å². The first-order valence-corrected chi connectivity index (χ1v) is 8.97. The van der Waals surface area contributed by atoms with Gasteiger partial charge in [0.2, 0.25) is 10.0 Å². The van der Waals surface area contributed by atoms with Crippen LogP contribution < -0.4 is 10.0 Å². The van der Waals surface area contributed by atoms with E-state index in [4.69, 9.17) is 9.52 Å². The van der Waals surface area contributed by atoms with E-state index in [9.17, 15) is 18.0 Å². The summed E-state index contributed by atoms with van der Waals surface area (Å²) in [4.78, 5) is 22.9. The molecule has 25 heavy (non-hydrogen) atoms. The lowest BCUT2D eigenvalue weighted by atomic mass is 10.1. The number of sulfonamides is 1. The van der Waals surface area contributed by atoms with Gasteiger partial charge in [-0.05, 0) is 42.8 Å². The summed E-state index contributed by atoms with van der Waals surface area (Å²) in [7, 11) is -3.76. The highest BCUT2D eigenvalue weighted by atomic mass is 32.2. The van der Waals surface area contributed by atoms with Gasteiger partial charge in [-0.3, -0.25) is 4.79 Å². The number of hydrogen-bond acceptors (Lipinski definition) is 5. The molecule has 134 valence electrons. The van der Waals surface area contributed by atoms with Gasteiger partial charge in [-0.1, -0.05) is 6.92 Å². The van der Waals surface area contributed by atoms with Crippen molar-refractivity contribution in [2.45, 2.75) is 30.8 Å². The summed E-state index contributed by atoms with van der Waals surface area (Å²) in [6.45, 7) is 1.65. The molecule has 0 bridgehead atoms. The van der Waals surface area contributed by atoms with Crippen LogP contribution in [0.1, 0.15) is 29.5 Å². The molecule has 1 unspecified atom stereocenters. The highest BCUT2D eigenvalue weighted by Gasteiger charge is 2.19. The lowest BCUT2D eigenvalue weighted by molar-refractivity contribution is -0.139. The van der Waals surface area contributed by atoms with Crippen molar-refractivity contribution in [1.29, 1.82) is 0 Å². The Bertz CT molecular complexity index is 828. The molecule has 0 aliphatic heterocycles. The minimum Gasteiger partial charge on any atom is -0.480 e. The minimum absolute atomic E-state index is 0.00830. The average molecular weight is 366 g/mol. The van der Waals surface area contributed by atoms with Crippen molar-refractivity contribution in [2.75, 3.05) is 0 Å². The standard InChI is InChI=1S/C16H18N2O6S/c1-2-14(16(20)21)18-15(19)11-5-7-13(8-6-11)25(22,23)17-10-12-4-3-9-24-12/h3-9,14,17H,2,10H2,1H3,(H,18,19)(H,20,21). The van der Waals surface area contributed by atoms with Crippen LogP contribution in [0.5, 0.6) is 0 Å². The molecule has 0 fully saturated rings. The number of carbonyl (C=O) groups is 2. The van der Waals surface area contributed by atoms with Gasteiger partial charge in [-0.2, -0.15) is 0 Å². The van der Waals surface area contributed by atoms with Gasteiger partial charge >= 0.3 is 5.97 Å². The fourth-order valence-corrected chi connectivity index (χ4v) is 3.02.